The molecule has 0 aliphatic rings. The van der Waals surface area contributed by atoms with Gasteiger partial charge in [-0.05, 0) is 36.4 Å². The molecule has 23 heavy (non-hydrogen) atoms. The molecule has 0 amide bonds. The number of anilines is 5. The number of nitrogens with one attached hydrogen (secondary N) is 1. The van der Waals surface area contributed by atoms with Crippen molar-refractivity contribution in [2.75, 3.05) is 23.0 Å². The van der Waals surface area contributed by atoms with Crippen LogP contribution in [0.2, 0.25) is 0 Å². The molecule has 0 spiro atoms. The molecule has 0 saturated carbocycles. The Kier molecular flexibility index (Phi) is 4.43. The Balaban J connectivity index is 1.90. The van der Waals surface area contributed by atoms with Crippen LogP contribution in [0.1, 0.15) is 0 Å². The van der Waals surface area contributed by atoms with E-state index in [0.29, 0.717) is 17.3 Å². The van der Waals surface area contributed by atoms with Crippen molar-refractivity contribution in [2.24, 2.45) is 0 Å². The van der Waals surface area contributed by atoms with E-state index in [-0.39, 0.29) is 0 Å². The number of rotatable bonds is 4. The molecule has 3 rings (SSSR count). The van der Waals surface area contributed by atoms with Crippen LogP contribution in [0.15, 0.2) is 65.4 Å². The molecule has 3 aromatic rings. The summed E-state index contributed by atoms with van der Waals surface area (Å²) in [5.41, 5.74) is 8.68. The third-order valence-corrected chi connectivity index (χ3v) is 3.96. The highest BCUT2D eigenvalue weighted by atomic mass is 79.9. The van der Waals surface area contributed by atoms with Crippen molar-refractivity contribution in [3.8, 4) is 0 Å². The van der Waals surface area contributed by atoms with E-state index in [2.05, 4.69) is 31.2 Å². The van der Waals surface area contributed by atoms with Crippen molar-refractivity contribution in [1.82, 2.24) is 9.97 Å². The first-order valence-corrected chi connectivity index (χ1v) is 7.86. The van der Waals surface area contributed by atoms with E-state index in [1.165, 1.54) is 6.33 Å². The van der Waals surface area contributed by atoms with Crippen LogP contribution in [0.4, 0.5) is 28.7 Å². The third kappa shape index (κ3) is 3.43. The van der Waals surface area contributed by atoms with Crippen molar-refractivity contribution in [3.05, 3.63) is 65.4 Å². The Labute approximate surface area is 143 Å². The lowest BCUT2D eigenvalue weighted by Gasteiger charge is -2.21. The second kappa shape index (κ2) is 6.66. The number of nitrogens with two attached hydrogens (primary N) is 1. The first-order chi connectivity index (χ1) is 11.1. The van der Waals surface area contributed by atoms with Gasteiger partial charge in [-0.1, -0.05) is 34.1 Å². The molecule has 0 unspecified atom stereocenters. The van der Waals surface area contributed by atoms with Gasteiger partial charge >= 0.3 is 0 Å². The molecule has 0 atom stereocenters. The van der Waals surface area contributed by atoms with Crippen molar-refractivity contribution in [1.29, 1.82) is 0 Å². The highest BCUT2D eigenvalue weighted by molar-refractivity contribution is 9.10. The van der Waals surface area contributed by atoms with Crippen LogP contribution in [-0.4, -0.2) is 17.0 Å². The van der Waals surface area contributed by atoms with E-state index in [9.17, 15) is 0 Å². The molecule has 5 nitrogen and oxygen atoms in total. The predicted molar refractivity (Wildman–Crippen MR) is 98.4 cm³/mol. The molecule has 0 saturated heterocycles. The number of benzene rings is 2. The summed E-state index contributed by atoms with van der Waals surface area (Å²) in [6.07, 6.45) is 1.51. The van der Waals surface area contributed by atoms with Gasteiger partial charge in [0.1, 0.15) is 12.0 Å². The predicted octanol–water partition coefficient (Wildman–Crippen LogP) is 4.33. The van der Waals surface area contributed by atoms with Gasteiger partial charge in [-0.25, -0.2) is 9.97 Å². The molecule has 0 radical (unpaired) electrons. The molecule has 1 aromatic heterocycles. The van der Waals surface area contributed by atoms with Gasteiger partial charge in [0.05, 0.1) is 0 Å². The molecule has 6 heteroatoms. The van der Waals surface area contributed by atoms with Gasteiger partial charge in [0.2, 0.25) is 0 Å². The van der Waals surface area contributed by atoms with Crippen molar-refractivity contribution >= 4 is 44.6 Å². The summed E-state index contributed by atoms with van der Waals surface area (Å²) in [7, 11) is 1.93. The molecule has 116 valence electrons. The number of para-hydroxylation sites is 1. The van der Waals surface area contributed by atoms with Gasteiger partial charge in [-0.15, -0.1) is 0 Å². The summed E-state index contributed by atoms with van der Waals surface area (Å²) in [5, 5.41) is 3.22. The van der Waals surface area contributed by atoms with Crippen LogP contribution >= 0.6 is 15.9 Å². The molecule has 0 aliphatic carbocycles. The Morgan fingerprint density at radius 3 is 2.39 bits per heavy atom. The van der Waals surface area contributed by atoms with Gasteiger partial charge in [0, 0.05) is 22.9 Å². The van der Waals surface area contributed by atoms with Gasteiger partial charge in [-0.3, -0.25) is 0 Å². The lowest BCUT2D eigenvalue weighted by atomic mass is 10.3. The molecule has 2 aromatic carbocycles. The average molecular weight is 370 g/mol. The summed E-state index contributed by atoms with van der Waals surface area (Å²) < 4.78 is 1.02. The Morgan fingerprint density at radius 1 is 1.00 bits per heavy atom. The van der Waals surface area contributed by atoms with Crippen LogP contribution in [0.3, 0.4) is 0 Å². The SMILES string of the molecule is CN(c1ccccc1)c1ncnc(Nc2ccc(Br)cc2)c1N. The number of hydrogen-bond donors (Lipinski definition) is 2. The lowest BCUT2D eigenvalue weighted by Crippen LogP contribution is -2.15. The fraction of sp³-hybridized carbons (Fsp3) is 0.0588. The Morgan fingerprint density at radius 2 is 1.70 bits per heavy atom. The number of aromatic nitrogens is 2. The molecule has 3 N–H and O–H groups in total. The Hall–Kier alpha value is -2.60. The maximum Gasteiger partial charge on any atom is 0.161 e. The van der Waals surface area contributed by atoms with E-state index in [0.717, 1.165) is 15.8 Å². The van der Waals surface area contributed by atoms with Crippen LogP contribution in [0, 0.1) is 0 Å². The van der Waals surface area contributed by atoms with Crippen LogP contribution in [0.25, 0.3) is 0 Å². The maximum atomic E-state index is 6.26. The fourth-order valence-electron chi connectivity index (χ4n) is 2.20. The van der Waals surface area contributed by atoms with Gasteiger partial charge in [-0.2, -0.15) is 0 Å². The molecule has 0 aliphatic heterocycles. The number of nitrogen functional groups attached to an aromatic ring is 1. The second-order valence-corrected chi connectivity index (χ2v) is 5.90. The average Bonchev–Trinajstić information content (AvgIpc) is 2.59. The molecule has 1 heterocycles. The highest BCUT2D eigenvalue weighted by Crippen LogP contribution is 2.31. The zero-order valence-electron chi connectivity index (χ0n) is 12.6. The monoisotopic (exact) mass is 369 g/mol. The maximum absolute atomic E-state index is 6.26. The molecule has 0 fully saturated rings. The van der Waals surface area contributed by atoms with E-state index in [4.69, 9.17) is 5.73 Å². The summed E-state index contributed by atoms with van der Waals surface area (Å²) >= 11 is 3.42. The Bertz CT molecular complexity index is 790. The normalized spacial score (nSPS) is 10.3. The highest BCUT2D eigenvalue weighted by Gasteiger charge is 2.13. The minimum Gasteiger partial charge on any atom is -0.393 e. The summed E-state index contributed by atoms with van der Waals surface area (Å²) in [5.74, 6) is 1.24. The number of halogens is 1. The molecular formula is C17H16BrN5. The smallest absolute Gasteiger partial charge is 0.161 e. The van der Waals surface area contributed by atoms with Gasteiger partial charge in [0.15, 0.2) is 11.6 Å². The van der Waals surface area contributed by atoms with Gasteiger partial charge < -0.3 is 16.0 Å². The second-order valence-electron chi connectivity index (χ2n) is 4.99. The number of nitrogens with zero attached hydrogens (tertiary/aromatic N) is 3. The van der Waals surface area contributed by atoms with Crippen LogP contribution in [-0.2, 0) is 0 Å². The fourth-order valence-corrected chi connectivity index (χ4v) is 2.46. The third-order valence-electron chi connectivity index (χ3n) is 3.43. The van der Waals surface area contributed by atoms with Crippen molar-refractivity contribution < 1.29 is 0 Å². The number of hydrogen-bond acceptors (Lipinski definition) is 5. The quantitative estimate of drug-likeness (QED) is 0.716. The van der Waals surface area contributed by atoms with Crippen LogP contribution in [0.5, 0.6) is 0 Å². The van der Waals surface area contributed by atoms with E-state index in [1.807, 2.05) is 66.5 Å². The first kappa shape index (κ1) is 15.3. The minimum absolute atomic E-state index is 0.502. The largest absolute Gasteiger partial charge is 0.393 e. The summed E-state index contributed by atoms with van der Waals surface area (Å²) in [6, 6.07) is 17.7. The van der Waals surface area contributed by atoms with Gasteiger partial charge in [0.25, 0.3) is 0 Å². The van der Waals surface area contributed by atoms with E-state index < -0.39 is 0 Å². The zero-order chi connectivity index (χ0) is 16.2. The first-order valence-electron chi connectivity index (χ1n) is 7.07. The molecule has 0 bridgehead atoms. The summed E-state index contributed by atoms with van der Waals surface area (Å²) in [4.78, 5) is 10.5. The summed E-state index contributed by atoms with van der Waals surface area (Å²) in [6.45, 7) is 0. The zero-order valence-corrected chi connectivity index (χ0v) is 14.2. The van der Waals surface area contributed by atoms with Crippen molar-refractivity contribution in [2.45, 2.75) is 0 Å². The van der Waals surface area contributed by atoms with E-state index in [1.54, 1.807) is 0 Å². The molecular weight excluding hydrogens is 354 g/mol. The standard InChI is InChI=1S/C17H16BrN5/c1-23(14-5-3-2-4-6-14)17-15(19)16(20-11-21-17)22-13-9-7-12(18)8-10-13/h2-11H,19H2,1H3,(H,20,21,22). The van der Waals surface area contributed by atoms with Crippen LogP contribution < -0.4 is 16.0 Å². The van der Waals surface area contributed by atoms with Crippen molar-refractivity contribution in [3.63, 3.8) is 0 Å². The topological polar surface area (TPSA) is 67.1 Å². The minimum atomic E-state index is 0.502. The van der Waals surface area contributed by atoms with E-state index >= 15 is 0 Å². The lowest BCUT2D eigenvalue weighted by molar-refractivity contribution is 1.09.